The number of H-pyrrole nitrogens is 1. The minimum atomic E-state index is 0.322. The molecule has 0 bridgehead atoms. The highest BCUT2D eigenvalue weighted by Gasteiger charge is 2.26. The van der Waals surface area contributed by atoms with Gasteiger partial charge in [0.1, 0.15) is 24.0 Å². The lowest BCUT2D eigenvalue weighted by Gasteiger charge is -2.15. The van der Waals surface area contributed by atoms with E-state index in [4.69, 9.17) is 15.5 Å². The van der Waals surface area contributed by atoms with Gasteiger partial charge in [-0.05, 0) is 51.3 Å². The number of aromatic amines is 1. The fourth-order valence-electron chi connectivity index (χ4n) is 3.68. The monoisotopic (exact) mass is 454 g/mol. The molecule has 0 radical (unpaired) electrons. The number of nitrogens with zero attached hydrogens (tertiary/aromatic N) is 4. The Balaban J connectivity index is 1.44. The van der Waals surface area contributed by atoms with E-state index in [1.54, 1.807) is 6.07 Å². The molecule has 0 unspecified atom stereocenters. The van der Waals surface area contributed by atoms with Crippen LogP contribution in [0.2, 0.25) is 0 Å². The molecule has 5 N–H and O–H groups in total. The molecular formula is C23H34N8O2. The lowest BCUT2D eigenvalue weighted by Crippen LogP contribution is -2.25. The van der Waals surface area contributed by atoms with E-state index in [1.165, 1.54) is 25.7 Å². The lowest BCUT2D eigenvalue weighted by molar-refractivity contribution is 0.219. The summed E-state index contributed by atoms with van der Waals surface area (Å²) in [4.78, 5) is 16.5. The largest absolute Gasteiger partial charge is 0.476 e. The van der Waals surface area contributed by atoms with Gasteiger partial charge in [-0.1, -0.05) is 19.1 Å². The van der Waals surface area contributed by atoms with Gasteiger partial charge in [0.25, 0.3) is 0 Å². The highest BCUT2D eigenvalue weighted by molar-refractivity contribution is 5.55. The Morgan fingerprint density at radius 1 is 1.30 bits per heavy atom. The van der Waals surface area contributed by atoms with Crippen molar-refractivity contribution in [3.05, 3.63) is 41.8 Å². The SMILES string of the molecule is C=C(/C=C(/CNc1nc(Nc2cc(C3CC3)n[nH]2)cc(OCCN2CCCC2)n1)ON)CC. The predicted octanol–water partition coefficient (Wildman–Crippen LogP) is 3.45. The minimum absolute atomic E-state index is 0.322. The van der Waals surface area contributed by atoms with E-state index >= 15 is 0 Å². The van der Waals surface area contributed by atoms with Crippen LogP contribution in [0.1, 0.15) is 50.6 Å². The first-order valence-electron chi connectivity index (χ1n) is 11.7. The van der Waals surface area contributed by atoms with Crippen LogP contribution in [-0.2, 0) is 4.84 Å². The molecule has 178 valence electrons. The third-order valence-electron chi connectivity index (χ3n) is 5.81. The topological polar surface area (TPSA) is 126 Å². The zero-order valence-corrected chi connectivity index (χ0v) is 19.3. The molecule has 10 nitrogen and oxygen atoms in total. The van der Waals surface area contributed by atoms with Crippen LogP contribution in [0.15, 0.2) is 36.1 Å². The van der Waals surface area contributed by atoms with E-state index in [9.17, 15) is 0 Å². The van der Waals surface area contributed by atoms with E-state index in [1.807, 2.05) is 19.1 Å². The summed E-state index contributed by atoms with van der Waals surface area (Å²) in [6.45, 7) is 10.0. The number of likely N-dealkylation sites (tertiary alicyclic amines) is 1. The quantitative estimate of drug-likeness (QED) is 0.204. The Morgan fingerprint density at radius 3 is 2.85 bits per heavy atom. The van der Waals surface area contributed by atoms with Crippen LogP contribution in [0.4, 0.5) is 17.6 Å². The van der Waals surface area contributed by atoms with Crippen LogP contribution in [0, 0.1) is 0 Å². The molecule has 4 rings (SSSR count). The molecule has 3 heterocycles. The molecule has 0 amide bonds. The molecule has 2 fully saturated rings. The molecule has 1 aliphatic heterocycles. The summed E-state index contributed by atoms with van der Waals surface area (Å²) in [6, 6.07) is 3.82. The molecule has 33 heavy (non-hydrogen) atoms. The number of anilines is 3. The summed E-state index contributed by atoms with van der Waals surface area (Å²) in [5.41, 5.74) is 2.00. The number of allylic oxidation sites excluding steroid dienone is 2. The number of nitrogens with one attached hydrogen (secondary N) is 3. The molecular weight excluding hydrogens is 420 g/mol. The van der Waals surface area contributed by atoms with Crippen molar-refractivity contribution in [2.45, 2.75) is 44.9 Å². The number of nitrogens with two attached hydrogens (primary N) is 1. The summed E-state index contributed by atoms with van der Waals surface area (Å²) in [5.74, 6) is 8.82. The van der Waals surface area contributed by atoms with Gasteiger partial charge in [-0.25, -0.2) is 0 Å². The van der Waals surface area contributed by atoms with Crippen LogP contribution in [0.25, 0.3) is 0 Å². The number of ether oxygens (including phenoxy) is 1. The fourth-order valence-corrected chi connectivity index (χ4v) is 3.68. The van der Waals surface area contributed by atoms with E-state index in [-0.39, 0.29) is 0 Å². The zero-order valence-electron chi connectivity index (χ0n) is 19.3. The van der Waals surface area contributed by atoms with Crippen LogP contribution < -0.4 is 21.3 Å². The number of rotatable bonds is 13. The molecule has 0 spiro atoms. The molecule has 0 atom stereocenters. The molecule has 10 heteroatoms. The Morgan fingerprint density at radius 2 is 2.12 bits per heavy atom. The third-order valence-corrected chi connectivity index (χ3v) is 5.81. The van der Waals surface area contributed by atoms with Crippen LogP contribution in [0.3, 0.4) is 0 Å². The molecule has 2 aromatic rings. The zero-order chi connectivity index (χ0) is 23.0. The second-order valence-corrected chi connectivity index (χ2v) is 8.51. The summed E-state index contributed by atoms with van der Waals surface area (Å²) >= 11 is 0. The molecule has 1 saturated carbocycles. The Labute approximate surface area is 194 Å². The number of hydrogen-bond acceptors (Lipinski definition) is 9. The maximum atomic E-state index is 5.97. The average Bonchev–Trinajstić information content (AvgIpc) is 3.33. The Kier molecular flexibility index (Phi) is 7.79. The van der Waals surface area contributed by atoms with Gasteiger partial charge >= 0.3 is 0 Å². The van der Waals surface area contributed by atoms with Gasteiger partial charge in [-0.15, -0.1) is 0 Å². The first-order valence-corrected chi connectivity index (χ1v) is 11.7. The summed E-state index contributed by atoms with van der Waals surface area (Å²) < 4.78 is 5.97. The fraction of sp³-hybridized carbons (Fsp3) is 0.522. The summed E-state index contributed by atoms with van der Waals surface area (Å²) in [7, 11) is 0. The van der Waals surface area contributed by atoms with Gasteiger partial charge in [0.05, 0.1) is 12.2 Å². The summed E-state index contributed by atoms with van der Waals surface area (Å²) in [5, 5.41) is 13.9. The van der Waals surface area contributed by atoms with Crippen molar-refractivity contribution in [2.24, 2.45) is 5.90 Å². The number of hydrogen-bond donors (Lipinski definition) is 4. The Hall–Kier alpha value is -3.11. The molecule has 2 aliphatic rings. The third kappa shape index (κ3) is 6.93. The van der Waals surface area contributed by atoms with E-state index in [2.05, 4.69) is 42.3 Å². The van der Waals surface area contributed by atoms with Gasteiger partial charge in [0.2, 0.25) is 11.8 Å². The van der Waals surface area contributed by atoms with E-state index in [0.717, 1.165) is 43.1 Å². The van der Waals surface area contributed by atoms with Crippen LogP contribution in [-0.4, -0.2) is 57.9 Å². The average molecular weight is 455 g/mol. The molecule has 2 aromatic heterocycles. The first-order chi connectivity index (χ1) is 16.1. The first kappa shape index (κ1) is 23.1. The molecule has 1 saturated heterocycles. The van der Waals surface area contributed by atoms with Crippen molar-refractivity contribution >= 4 is 17.6 Å². The number of aromatic nitrogens is 4. The smallest absolute Gasteiger partial charge is 0.228 e. The van der Waals surface area contributed by atoms with Crippen molar-refractivity contribution in [3.63, 3.8) is 0 Å². The molecule has 1 aliphatic carbocycles. The van der Waals surface area contributed by atoms with Crippen LogP contribution in [0.5, 0.6) is 5.88 Å². The van der Waals surface area contributed by atoms with Crippen LogP contribution >= 0.6 is 0 Å². The minimum Gasteiger partial charge on any atom is -0.476 e. The van der Waals surface area contributed by atoms with Crippen molar-refractivity contribution in [2.75, 3.05) is 43.4 Å². The van der Waals surface area contributed by atoms with Crippen molar-refractivity contribution < 1.29 is 9.57 Å². The highest BCUT2D eigenvalue weighted by Crippen LogP contribution is 2.39. The van der Waals surface area contributed by atoms with E-state index in [0.29, 0.717) is 42.5 Å². The highest BCUT2D eigenvalue weighted by atomic mass is 16.6. The van der Waals surface area contributed by atoms with Crippen molar-refractivity contribution in [1.82, 2.24) is 25.1 Å². The van der Waals surface area contributed by atoms with Gasteiger partial charge in [0, 0.05) is 24.6 Å². The maximum Gasteiger partial charge on any atom is 0.228 e. The van der Waals surface area contributed by atoms with Gasteiger partial charge in [-0.3, -0.25) is 10.00 Å². The van der Waals surface area contributed by atoms with Gasteiger partial charge in [-0.2, -0.15) is 21.0 Å². The Bertz CT molecular complexity index is 963. The summed E-state index contributed by atoms with van der Waals surface area (Å²) in [6.07, 6.45) is 7.53. The maximum absolute atomic E-state index is 5.97. The second kappa shape index (κ2) is 11.2. The van der Waals surface area contributed by atoms with E-state index < -0.39 is 0 Å². The molecule has 0 aromatic carbocycles. The lowest BCUT2D eigenvalue weighted by atomic mass is 10.2. The van der Waals surface area contributed by atoms with Crippen molar-refractivity contribution in [1.29, 1.82) is 0 Å². The van der Waals surface area contributed by atoms with Gasteiger partial charge < -0.3 is 20.2 Å². The normalized spacial score (nSPS) is 16.6. The van der Waals surface area contributed by atoms with Gasteiger partial charge in [0.15, 0.2) is 0 Å². The predicted molar refractivity (Wildman–Crippen MR) is 128 cm³/mol. The standard InChI is InChI=1S/C23H34N8O2/c1-3-16(2)12-18(33-24)15-25-23-27-20(26-21-13-19(29-30-21)17-6-7-17)14-22(28-23)32-11-10-31-8-4-5-9-31/h12-14,17H,2-11,15,24H2,1H3,(H3,25,26,27,28,29,30)/b18-12-. The second-order valence-electron chi connectivity index (χ2n) is 8.51. The van der Waals surface area contributed by atoms with Crippen molar-refractivity contribution in [3.8, 4) is 5.88 Å².